The third-order valence-electron chi connectivity index (χ3n) is 2.39. The first-order valence-electron chi connectivity index (χ1n) is 5.07. The number of nitrogens with zero attached hydrogens (tertiary/aromatic N) is 2. The lowest BCUT2D eigenvalue weighted by molar-refractivity contribution is -0.130. The van der Waals surface area contributed by atoms with Crippen LogP contribution in [0.1, 0.15) is 6.92 Å². The summed E-state index contributed by atoms with van der Waals surface area (Å²) in [6.07, 6.45) is 4.49. The summed E-state index contributed by atoms with van der Waals surface area (Å²) in [5.74, 6) is -0.192. The fourth-order valence-corrected chi connectivity index (χ4v) is 1.38. The van der Waals surface area contributed by atoms with E-state index in [2.05, 4.69) is 20.6 Å². The Balaban J connectivity index is 1.76. The smallest absolute Gasteiger partial charge is 0.250 e. The number of carbonyl (C=O) groups excluding carboxylic acids is 1. The van der Waals surface area contributed by atoms with Crippen molar-refractivity contribution in [1.82, 2.24) is 15.3 Å². The van der Waals surface area contributed by atoms with E-state index in [4.69, 9.17) is 4.74 Å². The maximum Gasteiger partial charge on any atom is 0.250 e. The molecule has 0 bridgehead atoms. The first-order valence-corrected chi connectivity index (χ1v) is 5.07. The van der Waals surface area contributed by atoms with Crippen molar-refractivity contribution in [3.8, 4) is 0 Å². The van der Waals surface area contributed by atoms with E-state index in [0.29, 0.717) is 5.69 Å². The van der Waals surface area contributed by atoms with Gasteiger partial charge in [0, 0.05) is 13.1 Å². The summed E-state index contributed by atoms with van der Waals surface area (Å²) in [7, 11) is 0. The molecule has 0 saturated carbocycles. The third kappa shape index (κ3) is 2.74. The van der Waals surface area contributed by atoms with Gasteiger partial charge in [0.2, 0.25) is 5.91 Å². The van der Waals surface area contributed by atoms with Crippen molar-refractivity contribution in [2.75, 3.05) is 25.0 Å². The van der Waals surface area contributed by atoms with Gasteiger partial charge in [-0.15, -0.1) is 0 Å². The van der Waals surface area contributed by atoms with Gasteiger partial charge in [-0.3, -0.25) is 4.79 Å². The summed E-state index contributed by atoms with van der Waals surface area (Å²) in [6, 6.07) is 0. The van der Waals surface area contributed by atoms with Gasteiger partial charge >= 0.3 is 0 Å². The van der Waals surface area contributed by atoms with Crippen molar-refractivity contribution >= 4 is 11.6 Å². The molecule has 0 atom stereocenters. The minimum Gasteiger partial charge on any atom is -0.363 e. The van der Waals surface area contributed by atoms with Crippen molar-refractivity contribution in [2.24, 2.45) is 0 Å². The lowest BCUT2D eigenvalue weighted by Gasteiger charge is -2.38. The number of hydrogen-bond donors (Lipinski definition) is 2. The molecule has 2 N–H and O–H groups in total. The van der Waals surface area contributed by atoms with Gasteiger partial charge < -0.3 is 15.4 Å². The molecule has 1 saturated heterocycles. The molecule has 0 aliphatic carbocycles. The molecule has 1 aliphatic rings. The summed E-state index contributed by atoms with van der Waals surface area (Å²) in [5.41, 5.74) is 0.373. The van der Waals surface area contributed by atoms with Gasteiger partial charge in [-0.1, -0.05) is 0 Å². The van der Waals surface area contributed by atoms with E-state index in [-0.39, 0.29) is 18.1 Å². The molecule has 1 fully saturated rings. The summed E-state index contributed by atoms with van der Waals surface area (Å²) in [4.78, 5) is 19.1. The Bertz CT molecular complexity index is 364. The van der Waals surface area contributed by atoms with Gasteiger partial charge in [-0.2, -0.15) is 0 Å². The Kier molecular flexibility index (Phi) is 3.12. The van der Waals surface area contributed by atoms with E-state index in [1.165, 1.54) is 18.7 Å². The maximum atomic E-state index is 11.5. The molecule has 2 heterocycles. The molecule has 2 rings (SSSR count). The van der Waals surface area contributed by atoms with Crippen LogP contribution in [0, 0.1) is 0 Å². The molecule has 0 aromatic carbocycles. The number of amides is 1. The monoisotopic (exact) mass is 222 g/mol. The van der Waals surface area contributed by atoms with Crippen LogP contribution in [-0.2, 0) is 9.53 Å². The van der Waals surface area contributed by atoms with Crippen LogP contribution in [0.4, 0.5) is 5.69 Å². The molecule has 0 spiro atoms. The highest BCUT2D eigenvalue weighted by molar-refractivity contribution is 5.91. The van der Waals surface area contributed by atoms with E-state index in [0.717, 1.165) is 13.1 Å². The molecule has 6 heteroatoms. The topological polar surface area (TPSA) is 76.1 Å². The predicted octanol–water partition coefficient (Wildman–Crippen LogP) is -0.206. The molecule has 0 radical (unpaired) electrons. The van der Waals surface area contributed by atoms with Crippen LogP contribution < -0.4 is 10.6 Å². The summed E-state index contributed by atoms with van der Waals surface area (Å²) in [5, 5.41) is 5.75. The summed E-state index contributed by atoms with van der Waals surface area (Å²) in [6.45, 7) is 3.60. The molecule has 1 aromatic heterocycles. The second-order valence-corrected chi connectivity index (χ2v) is 4.02. The van der Waals surface area contributed by atoms with Gasteiger partial charge in [0.1, 0.15) is 12.9 Å². The van der Waals surface area contributed by atoms with Crippen LogP contribution in [0.25, 0.3) is 0 Å². The highest BCUT2D eigenvalue weighted by atomic mass is 16.5. The normalized spacial score (nSPS) is 17.6. The Hall–Kier alpha value is -1.53. The third-order valence-corrected chi connectivity index (χ3v) is 2.39. The molecule has 6 nitrogen and oxygen atoms in total. The van der Waals surface area contributed by atoms with Gasteiger partial charge in [0.25, 0.3) is 0 Å². The SMILES string of the molecule is CC1(OCC(=O)Nc2cncnc2)CNC1. The Labute approximate surface area is 93.4 Å². The molecular weight excluding hydrogens is 208 g/mol. The molecule has 0 unspecified atom stereocenters. The van der Waals surface area contributed by atoms with Crippen LogP contribution in [0.5, 0.6) is 0 Å². The average molecular weight is 222 g/mol. The molecule has 1 aliphatic heterocycles. The quantitative estimate of drug-likeness (QED) is 0.737. The average Bonchev–Trinajstić information content (AvgIpc) is 2.25. The second-order valence-electron chi connectivity index (χ2n) is 4.02. The van der Waals surface area contributed by atoms with E-state index in [1.807, 2.05) is 6.92 Å². The van der Waals surface area contributed by atoms with Crippen LogP contribution in [0.3, 0.4) is 0 Å². The summed E-state index contributed by atoms with van der Waals surface area (Å²) >= 11 is 0. The minimum atomic E-state index is -0.204. The number of rotatable bonds is 4. The second kappa shape index (κ2) is 4.54. The fraction of sp³-hybridized carbons (Fsp3) is 0.500. The van der Waals surface area contributed by atoms with Crippen molar-refractivity contribution in [1.29, 1.82) is 0 Å². The number of nitrogens with one attached hydrogen (secondary N) is 2. The van der Waals surface area contributed by atoms with Crippen LogP contribution >= 0.6 is 0 Å². The van der Waals surface area contributed by atoms with Gasteiger partial charge in [0.15, 0.2) is 0 Å². The van der Waals surface area contributed by atoms with Crippen LogP contribution in [0.15, 0.2) is 18.7 Å². The Morgan fingerprint density at radius 1 is 1.56 bits per heavy atom. The maximum absolute atomic E-state index is 11.5. The molecule has 86 valence electrons. The van der Waals surface area contributed by atoms with Crippen molar-refractivity contribution < 1.29 is 9.53 Å². The lowest BCUT2D eigenvalue weighted by atomic mass is 10.0. The van der Waals surface area contributed by atoms with Crippen molar-refractivity contribution in [2.45, 2.75) is 12.5 Å². The van der Waals surface area contributed by atoms with E-state index >= 15 is 0 Å². The van der Waals surface area contributed by atoms with Crippen LogP contribution in [0.2, 0.25) is 0 Å². The van der Waals surface area contributed by atoms with Gasteiger partial charge in [0.05, 0.1) is 23.7 Å². The van der Waals surface area contributed by atoms with E-state index in [1.54, 1.807) is 0 Å². The first kappa shape index (κ1) is 11.0. The number of carbonyl (C=O) groups is 1. The number of hydrogen-bond acceptors (Lipinski definition) is 5. The van der Waals surface area contributed by atoms with Gasteiger partial charge in [-0.25, -0.2) is 9.97 Å². The first-order chi connectivity index (χ1) is 7.68. The summed E-state index contributed by atoms with van der Waals surface area (Å²) < 4.78 is 5.48. The predicted molar refractivity (Wildman–Crippen MR) is 57.9 cm³/mol. The molecule has 1 aromatic rings. The molecule has 1 amide bonds. The zero-order chi connectivity index (χ0) is 11.4. The molecule has 16 heavy (non-hydrogen) atoms. The number of aromatic nitrogens is 2. The highest BCUT2D eigenvalue weighted by Gasteiger charge is 2.32. The zero-order valence-corrected chi connectivity index (χ0v) is 9.06. The minimum absolute atomic E-state index is 0.0487. The lowest BCUT2D eigenvalue weighted by Crippen LogP contribution is -2.59. The van der Waals surface area contributed by atoms with Gasteiger partial charge in [-0.05, 0) is 6.92 Å². The van der Waals surface area contributed by atoms with E-state index in [9.17, 15) is 4.79 Å². The van der Waals surface area contributed by atoms with Crippen molar-refractivity contribution in [3.63, 3.8) is 0 Å². The zero-order valence-electron chi connectivity index (χ0n) is 9.06. The Morgan fingerprint density at radius 3 is 2.81 bits per heavy atom. The number of anilines is 1. The van der Waals surface area contributed by atoms with E-state index < -0.39 is 0 Å². The standard InChI is InChI=1S/C10H14N4O2/c1-10(5-13-6-10)16-4-9(15)14-8-2-11-7-12-3-8/h2-3,7,13H,4-6H2,1H3,(H,14,15). The largest absolute Gasteiger partial charge is 0.363 e. The molecular formula is C10H14N4O2. The Morgan fingerprint density at radius 2 is 2.25 bits per heavy atom. The highest BCUT2D eigenvalue weighted by Crippen LogP contribution is 2.14. The van der Waals surface area contributed by atoms with Crippen LogP contribution in [-0.4, -0.2) is 41.2 Å². The number of ether oxygens (including phenoxy) is 1. The van der Waals surface area contributed by atoms with Crippen molar-refractivity contribution in [3.05, 3.63) is 18.7 Å². The fourth-order valence-electron chi connectivity index (χ4n) is 1.38.